The summed E-state index contributed by atoms with van der Waals surface area (Å²) in [5.74, 6) is 0.820. The Morgan fingerprint density at radius 2 is 1.32 bits per heavy atom. The van der Waals surface area contributed by atoms with E-state index in [-0.39, 0.29) is 11.9 Å². The average molecular weight is 670 g/mol. The fourth-order valence-electron chi connectivity index (χ4n) is 5.37. The van der Waals surface area contributed by atoms with Crippen molar-refractivity contribution < 1.29 is 22.7 Å². The summed E-state index contributed by atoms with van der Waals surface area (Å²) in [6.07, 6.45) is -0.351. The predicted molar refractivity (Wildman–Crippen MR) is 170 cm³/mol. The Morgan fingerprint density at radius 3 is 1.73 bits per heavy atom. The minimum atomic E-state index is -1.90. The number of nitrogens with zero attached hydrogens (tertiary/aromatic N) is 2. The maximum absolute atomic E-state index is 11.3. The van der Waals surface area contributed by atoms with E-state index in [0.717, 1.165) is 24.4 Å². The molecule has 0 aromatic heterocycles. The van der Waals surface area contributed by atoms with E-state index in [1.54, 1.807) is 6.92 Å². The molecule has 218 valence electrons. The molecule has 7 heteroatoms. The Labute approximate surface area is 254 Å². The van der Waals surface area contributed by atoms with Gasteiger partial charge >= 0.3 is 115 Å². The molecule has 40 heavy (non-hydrogen) atoms. The zero-order valence-electron chi connectivity index (χ0n) is 24.8. The van der Waals surface area contributed by atoms with Gasteiger partial charge in [-0.3, -0.25) is 0 Å². The van der Waals surface area contributed by atoms with Crippen LogP contribution in [0.2, 0.25) is 0 Å². The van der Waals surface area contributed by atoms with Crippen LogP contribution in [-0.4, -0.2) is 29.6 Å². The second kappa shape index (κ2) is 14.1. The molecule has 0 radical (unpaired) electrons. The molecule has 0 amide bonds. The second-order valence-electron chi connectivity index (χ2n) is 10.5. The van der Waals surface area contributed by atoms with Crippen molar-refractivity contribution >= 4 is 41.1 Å². The van der Waals surface area contributed by atoms with Gasteiger partial charge in [-0.15, -0.1) is 0 Å². The van der Waals surface area contributed by atoms with Crippen molar-refractivity contribution in [2.75, 3.05) is 22.9 Å². The van der Waals surface area contributed by atoms with Gasteiger partial charge in [0, 0.05) is 24.5 Å². The molecule has 3 aromatic rings. The molecule has 0 spiro atoms. The number of ketones is 1. The van der Waals surface area contributed by atoms with E-state index >= 15 is 0 Å². The number of carbonyl (C=O) groups excluding carboxylic acids is 1. The average Bonchev–Trinajstić information content (AvgIpc) is 3.31. The molecule has 4 rings (SSSR count). The van der Waals surface area contributed by atoms with Gasteiger partial charge in [0.15, 0.2) is 0 Å². The first-order valence-electron chi connectivity index (χ1n) is 13.3. The zero-order chi connectivity index (χ0) is 29.7. The number of aryl methyl sites for hydroxylation is 6. The molecule has 0 bridgehead atoms. The molecule has 0 saturated carbocycles. The van der Waals surface area contributed by atoms with Crippen molar-refractivity contribution in [2.24, 2.45) is 0 Å². The fraction of sp³-hybridized carbons (Fsp3) is 0.333. The first kappa shape index (κ1) is 32.3. The number of rotatable bonds is 6. The number of carbonyl (C=O) groups is 1. The van der Waals surface area contributed by atoms with Crippen molar-refractivity contribution in [3.05, 3.63) is 101 Å². The van der Waals surface area contributed by atoms with Crippen LogP contribution >= 0.6 is 19.4 Å². The van der Waals surface area contributed by atoms with Crippen LogP contribution in [-0.2, 0) is 22.7 Å². The molecular weight excluding hydrogens is 628 g/mol. The summed E-state index contributed by atoms with van der Waals surface area (Å²) in [5.41, 5.74) is 11.7. The Bertz CT molecular complexity index is 1290. The minimum absolute atomic E-state index is 0.0331. The Hall–Kier alpha value is -2.20. The molecule has 0 N–H and O–H groups in total. The van der Waals surface area contributed by atoms with E-state index in [1.165, 1.54) is 51.7 Å². The van der Waals surface area contributed by atoms with E-state index in [1.807, 2.05) is 28.9 Å². The third-order valence-corrected chi connectivity index (χ3v) is 8.93. The molecule has 1 fully saturated rings. The molecule has 1 saturated heterocycles. The number of anilines is 2. The third-order valence-electron chi connectivity index (χ3n) is 7.09. The fourth-order valence-corrected chi connectivity index (χ4v) is 7.17. The molecule has 1 unspecified atom stereocenters. The Morgan fingerprint density at radius 1 is 0.900 bits per heavy atom. The monoisotopic (exact) mass is 669 g/mol. The van der Waals surface area contributed by atoms with Crippen molar-refractivity contribution in [3.63, 3.8) is 0 Å². The van der Waals surface area contributed by atoms with Crippen molar-refractivity contribution in [3.8, 4) is 5.75 Å². The number of benzene rings is 3. The van der Waals surface area contributed by atoms with Gasteiger partial charge < -0.3 is 9.80 Å². The van der Waals surface area contributed by atoms with Gasteiger partial charge in [0.25, 0.3) is 0 Å². The van der Waals surface area contributed by atoms with Gasteiger partial charge in [0.05, 0.1) is 0 Å². The quantitative estimate of drug-likeness (QED) is 0.149. The van der Waals surface area contributed by atoms with Crippen LogP contribution in [0.25, 0.3) is 0 Å². The second-order valence-corrected chi connectivity index (χ2v) is 16.2. The molecule has 3 aromatic carbocycles. The van der Waals surface area contributed by atoms with Gasteiger partial charge in [-0.05, 0) is 63.8 Å². The topological polar surface area (TPSA) is 26.3 Å². The first-order chi connectivity index (χ1) is 18.8. The van der Waals surface area contributed by atoms with Crippen LogP contribution in [0.1, 0.15) is 52.8 Å². The normalized spacial score (nSPS) is 13.9. The first-order valence-corrected chi connectivity index (χ1v) is 18.8. The molecular formula is C33H41Cl2N2O2Ru-. The van der Waals surface area contributed by atoms with Gasteiger partial charge in [0.2, 0.25) is 0 Å². The maximum atomic E-state index is 11.3. The number of hydrogen-bond donors (Lipinski definition) is 0. The van der Waals surface area contributed by atoms with E-state index < -0.39 is 13.5 Å². The van der Waals surface area contributed by atoms with E-state index in [0.29, 0.717) is 0 Å². The number of Topliss-reactive ketones (excluding diaryl/α,β-unsaturated/α-hetero) is 1. The number of para-hydroxylation sites is 1. The summed E-state index contributed by atoms with van der Waals surface area (Å²) in [6, 6.07) is 16.7. The molecule has 1 aliphatic heterocycles. The number of halogens is 2. The summed E-state index contributed by atoms with van der Waals surface area (Å²) in [7, 11) is 15.6. The standard InChI is InChI=1S/C21H27N2.C12H14O2.2ClH.Ru/c1-14-9-16(3)20(17(4)10-14)22-7-8-23(13-22)21-18(5)11-15(2)12-19(21)6;1-9-7-5-6-8-12(9)14(4)11(3)10(2)13;;;/h9-13H,7-8H2,1-6H3;1,5-8,11H,4H2,2-3H3;2*1H;/q-1;;;;+2/p-2. The van der Waals surface area contributed by atoms with Crippen molar-refractivity contribution in [1.29, 1.82) is 0 Å². The van der Waals surface area contributed by atoms with Crippen molar-refractivity contribution in [1.82, 2.24) is 0 Å². The van der Waals surface area contributed by atoms with Gasteiger partial charge in [-0.1, -0.05) is 35.4 Å². The van der Waals surface area contributed by atoms with Gasteiger partial charge in [0.1, 0.15) is 0 Å². The van der Waals surface area contributed by atoms with Crippen LogP contribution in [0.3, 0.4) is 0 Å². The molecule has 1 aliphatic rings. The van der Waals surface area contributed by atoms with Crippen LogP contribution in [0, 0.1) is 55.3 Å². The van der Waals surface area contributed by atoms with Crippen LogP contribution in [0.4, 0.5) is 11.4 Å². The van der Waals surface area contributed by atoms with Crippen molar-refractivity contribution in [2.45, 2.75) is 61.5 Å². The Kier molecular flexibility index (Phi) is 11.4. The Balaban J connectivity index is 0.000000232. The molecule has 0 aliphatic carbocycles. The molecule has 4 nitrogen and oxygen atoms in total. The van der Waals surface area contributed by atoms with Crippen LogP contribution in [0.15, 0.2) is 48.5 Å². The predicted octanol–water partition coefficient (Wildman–Crippen LogP) is 8.78. The van der Waals surface area contributed by atoms with Gasteiger partial charge in [-0.2, -0.15) is 6.67 Å². The third kappa shape index (κ3) is 7.96. The SMILES string of the molecule is Cc1cc(C)c(N2[CH-]N(c3c(C)cc(C)cc3C)CC2)c(C)c1.[CH2-][O+](c1ccccc1[CH]=[Ru]([Cl])[Cl])C(C)C(C)=O. The zero-order valence-corrected chi connectivity index (χ0v) is 28.0. The van der Waals surface area contributed by atoms with E-state index in [4.69, 9.17) is 19.4 Å². The summed E-state index contributed by atoms with van der Waals surface area (Å²) < 4.78 is 4.41. The van der Waals surface area contributed by atoms with E-state index in [9.17, 15) is 4.79 Å². The summed E-state index contributed by atoms with van der Waals surface area (Å²) in [6.45, 7) is 20.9. The van der Waals surface area contributed by atoms with E-state index in [2.05, 4.69) is 93.8 Å². The molecule has 1 atom stereocenters. The summed E-state index contributed by atoms with van der Waals surface area (Å²) in [5, 5.41) is 0. The summed E-state index contributed by atoms with van der Waals surface area (Å²) in [4.78, 5) is 16.1. The molecule has 1 heterocycles. The number of hydrogen-bond acceptors (Lipinski definition) is 3. The summed E-state index contributed by atoms with van der Waals surface area (Å²) >= 11 is -1.90. The van der Waals surface area contributed by atoms with Gasteiger partial charge in [-0.25, -0.2) is 0 Å². The van der Waals surface area contributed by atoms with Crippen LogP contribution < -0.4 is 9.80 Å². The van der Waals surface area contributed by atoms with Crippen LogP contribution in [0.5, 0.6) is 5.75 Å².